The average Bonchev–Trinajstić information content (AvgIpc) is 2.25. The zero-order valence-corrected chi connectivity index (χ0v) is 12.0. The van der Waals surface area contributed by atoms with Crippen molar-refractivity contribution in [2.24, 2.45) is 0 Å². The molecule has 0 atom stereocenters. The molecule has 0 unspecified atom stereocenters. The van der Waals surface area contributed by atoms with E-state index in [1.165, 1.54) is 20.3 Å². The first kappa shape index (κ1) is 14.3. The van der Waals surface area contributed by atoms with Crippen LogP contribution < -0.4 is 4.74 Å². The van der Waals surface area contributed by atoms with Gasteiger partial charge in [-0.2, -0.15) is 0 Å². The maximum atomic E-state index is 11.4. The second kappa shape index (κ2) is 5.24. The Bertz CT molecular complexity index is 555. The molecule has 0 fully saturated rings. The Morgan fingerprint density at radius 3 is 2.35 bits per heavy atom. The Balaban J connectivity index is 3.54. The highest BCUT2D eigenvalue weighted by molar-refractivity contribution is 9.10. The van der Waals surface area contributed by atoms with E-state index in [0.717, 1.165) is 6.07 Å². The van der Waals surface area contributed by atoms with Gasteiger partial charge in [-0.05, 0) is 28.1 Å². The molecule has 0 saturated carbocycles. The average molecular weight is 344 g/mol. The van der Waals surface area contributed by atoms with Crippen LogP contribution in [-0.4, -0.2) is 28.6 Å². The molecule has 0 heterocycles. The molecule has 94 valence electrons. The van der Waals surface area contributed by atoms with Crippen molar-refractivity contribution in [3.63, 3.8) is 0 Å². The number of hydrogen-bond acceptors (Lipinski definition) is 5. The quantitative estimate of drug-likeness (QED) is 0.621. The minimum absolute atomic E-state index is 0.0163. The topological polar surface area (TPSA) is 69.7 Å². The molecule has 1 rings (SSSR count). The summed E-state index contributed by atoms with van der Waals surface area (Å²) in [5.74, 6) is -0.524. The number of carbonyl (C=O) groups excluding carboxylic acids is 1. The van der Waals surface area contributed by atoms with Crippen LogP contribution >= 0.6 is 26.6 Å². The fourth-order valence-corrected chi connectivity index (χ4v) is 3.34. The van der Waals surface area contributed by atoms with Gasteiger partial charge in [-0.1, -0.05) is 0 Å². The van der Waals surface area contributed by atoms with E-state index in [-0.39, 0.29) is 20.7 Å². The molecule has 5 nitrogen and oxygen atoms in total. The molecular formula is C9H8BrClO5S. The molecule has 0 aliphatic heterocycles. The number of carbonyl (C=O) groups is 1. The maximum absolute atomic E-state index is 11.4. The van der Waals surface area contributed by atoms with Crippen LogP contribution in [0.4, 0.5) is 0 Å². The molecule has 17 heavy (non-hydrogen) atoms. The van der Waals surface area contributed by atoms with E-state index in [2.05, 4.69) is 20.7 Å². The molecule has 0 amide bonds. The lowest BCUT2D eigenvalue weighted by molar-refractivity contribution is 0.0596. The number of ether oxygens (including phenoxy) is 2. The highest BCUT2D eigenvalue weighted by atomic mass is 79.9. The van der Waals surface area contributed by atoms with Gasteiger partial charge in [0, 0.05) is 15.2 Å². The minimum Gasteiger partial charge on any atom is -0.496 e. The van der Waals surface area contributed by atoms with Crippen molar-refractivity contribution in [2.75, 3.05) is 14.2 Å². The molecule has 0 spiro atoms. The zero-order valence-electron chi connectivity index (χ0n) is 8.86. The van der Waals surface area contributed by atoms with Crippen molar-refractivity contribution in [1.29, 1.82) is 0 Å². The standard InChI is InChI=1S/C9H8BrClO5S/c1-15-7-4-6(10)8(17(11,13)14)3-5(7)9(12)16-2/h3-4H,1-2H3. The molecule has 0 aromatic heterocycles. The lowest BCUT2D eigenvalue weighted by Crippen LogP contribution is -2.06. The zero-order chi connectivity index (χ0) is 13.2. The Hall–Kier alpha value is -0.790. The van der Waals surface area contributed by atoms with Crippen molar-refractivity contribution in [2.45, 2.75) is 4.90 Å². The van der Waals surface area contributed by atoms with Crippen molar-refractivity contribution >= 4 is 41.6 Å². The van der Waals surface area contributed by atoms with E-state index < -0.39 is 15.0 Å². The summed E-state index contributed by atoms with van der Waals surface area (Å²) < 4.78 is 32.2. The van der Waals surface area contributed by atoms with Crippen molar-refractivity contribution < 1.29 is 22.7 Å². The molecule has 0 bridgehead atoms. The summed E-state index contributed by atoms with van der Waals surface area (Å²) in [6.45, 7) is 0. The molecule has 1 aromatic carbocycles. The third-order valence-electron chi connectivity index (χ3n) is 1.92. The summed E-state index contributed by atoms with van der Waals surface area (Å²) in [6, 6.07) is 2.43. The van der Waals surface area contributed by atoms with Gasteiger partial charge in [0.2, 0.25) is 0 Å². The lowest BCUT2D eigenvalue weighted by atomic mass is 10.2. The SMILES string of the molecule is COC(=O)c1cc(S(=O)(=O)Cl)c(Br)cc1OC. The van der Waals surface area contributed by atoms with Gasteiger partial charge in [-0.25, -0.2) is 13.2 Å². The normalized spacial score (nSPS) is 11.1. The van der Waals surface area contributed by atoms with Gasteiger partial charge >= 0.3 is 5.97 Å². The predicted molar refractivity (Wildman–Crippen MR) is 65.1 cm³/mol. The number of hydrogen-bond donors (Lipinski definition) is 0. The van der Waals surface area contributed by atoms with Crippen molar-refractivity contribution in [1.82, 2.24) is 0 Å². The van der Waals surface area contributed by atoms with E-state index >= 15 is 0 Å². The Morgan fingerprint density at radius 1 is 1.35 bits per heavy atom. The summed E-state index contributed by atoms with van der Waals surface area (Å²) >= 11 is 3.03. The first-order chi connectivity index (χ1) is 7.81. The Labute approximate surface area is 111 Å². The molecule has 1 aromatic rings. The van der Waals surface area contributed by atoms with E-state index in [9.17, 15) is 13.2 Å². The molecule has 0 aliphatic rings. The number of rotatable bonds is 3. The van der Waals surface area contributed by atoms with E-state index in [1.54, 1.807) is 0 Å². The minimum atomic E-state index is -3.96. The van der Waals surface area contributed by atoms with E-state index in [0.29, 0.717) is 0 Å². The van der Waals surface area contributed by atoms with Gasteiger partial charge < -0.3 is 9.47 Å². The smallest absolute Gasteiger partial charge is 0.341 e. The highest BCUT2D eigenvalue weighted by Crippen LogP contribution is 2.32. The van der Waals surface area contributed by atoms with E-state index in [4.69, 9.17) is 15.4 Å². The molecule has 8 heteroatoms. The lowest BCUT2D eigenvalue weighted by Gasteiger charge is -2.09. The van der Waals surface area contributed by atoms with Crippen LogP contribution in [0.3, 0.4) is 0 Å². The highest BCUT2D eigenvalue weighted by Gasteiger charge is 2.22. The van der Waals surface area contributed by atoms with Gasteiger partial charge in [0.1, 0.15) is 11.3 Å². The van der Waals surface area contributed by atoms with Crippen LogP contribution in [0.5, 0.6) is 5.75 Å². The second-order valence-electron chi connectivity index (χ2n) is 2.91. The van der Waals surface area contributed by atoms with E-state index in [1.807, 2.05) is 0 Å². The van der Waals surface area contributed by atoms with Gasteiger partial charge in [0.25, 0.3) is 9.05 Å². The fourth-order valence-electron chi connectivity index (χ4n) is 1.16. The van der Waals surface area contributed by atoms with Crippen molar-refractivity contribution in [3.05, 3.63) is 22.2 Å². The monoisotopic (exact) mass is 342 g/mol. The van der Waals surface area contributed by atoms with Gasteiger partial charge in [-0.15, -0.1) is 0 Å². The summed E-state index contributed by atoms with van der Waals surface area (Å²) in [5.41, 5.74) is -0.0163. The van der Waals surface area contributed by atoms with Crippen LogP contribution in [0.25, 0.3) is 0 Å². The second-order valence-corrected chi connectivity index (χ2v) is 6.30. The van der Waals surface area contributed by atoms with Crippen LogP contribution in [0.15, 0.2) is 21.5 Å². The number of benzene rings is 1. The summed E-state index contributed by atoms with van der Waals surface area (Å²) in [4.78, 5) is 11.2. The predicted octanol–water partition coefficient (Wildman–Crippen LogP) is 2.17. The van der Waals surface area contributed by atoms with Crippen LogP contribution in [0, 0.1) is 0 Å². The van der Waals surface area contributed by atoms with Gasteiger partial charge in [-0.3, -0.25) is 0 Å². The summed E-state index contributed by atoms with van der Waals surface area (Å²) in [6.07, 6.45) is 0. The van der Waals surface area contributed by atoms with Crippen LogP contribution in [0.1, 0.15) is 10.4 Å². The maximum Gasteiger partial charge on any atom is 0.341 e. The Morgan fingerprint density at radius 2 is 1.94 bits per heavy atom. The molecule has 0 radical (unpaired) electrons. The fraction of sp³-hybridized carbons (Fsp3) is 0.222. The first-order valence-electron chi connectivity index (χ1n) is 4.21. The first-order valence-corrected chi connectivity index (χ1v) is 7.32. The summed E-state index contributed by atoms with van der Waals surface area (Å²) in [5, 5.41) is 0. The Kier molecular flexibility index (Phi) is 4.40. The van der Waals surface area contributed by atoms with Crippen LogP contribution in [0.2, 0.25) is 0 Å². The van der Waals surface area contributed by atoms with Gasteiger partial charge in [0.15, 0.2) is 0 Å². The molecule has 0 aliphatic carbocycles. The van der Waals surface area contributed by atoms with Crippen LogP contribution in [-0.2, 0) is 13.8 Å². The number of methoxy groups -OCH3 is 2. The number of esters is 1. The number of halogens is 2. The van der Waals surface area contributed by atoms with Crippen molar-refractivity contribution in [3.8, 4) is 5.75 Å². The molecule has 0 saturated heterocycles. The molecule has 0 N–H and O–H groups in total. The summed E-state index contributed by atoms with van der Waals surface area (Å²) in [7, 11) is 3.80. The largest absolute Gasteiger partial charge is 0.496 e. The third-order valence-corrected chi connectivity index (χ3v) is 4.20. The molecular weight excluding hydrogens is 336 g/mol. The van der Waals surface area contributed by atoms with Gasteiger partial charge in [0.05, 0.1) is 19.1 Å². The third kappa shape index (κ3) is 3.11.